The molecule has 0 saturated carbocycles. The van der Waals surface area contributed by atoms with E-state index in [1.165, 1.54) is 29.6 Å². The third kappa shape index (κ3) is 3.92. The van der Waals surface area contributed by atoms with Crippen LogP contribution >= 0.6 is 11.6 Å². The van der Waals surface area contributed by atoms with Crippen LogP contribution in [0.2, 0.25) is 5.02 Å². The maximum Gasteiger partial charge on any atom is 0.250 e. The molecule has 7 heteroatoms. The van der Waals surface area contributed by atoms with Crippen molar-refractivity contribution in [3.63, 3.8) is 0 Å². The summed E-state index contributed by atoms with van der Waals surface area (Å²) in [5, 5.41) is 4.82. The molecule has 0 saturated heterocycles. The number of rotatable bonds is 4. The van der Waals surface area contributed by atoms with E-state index < -0.39 is 5.91 Å². The highest BCUT2D eigenvalue weighted by molar-refractivity contribution is 6.31. The Hall–Kier alpha value is -2.99. The van der Waals surface area contributed by atoms with Gasteiger partial charge in [-0.1, -0.05) is 28.8 Å². The van der Waals surface area contributed by atoms with Gasteiger partial charge in [0.05, 0.1) is 10.6 Å². The van der Waals surface area contributed by atoms with Gasteiger partial charge >= 0.3 is 0 Å². The van der Waals surface area contributed by atoms with Crippen LogP contribution in [0.25, 0.3) is 23.2 Å². The van der Waals surface area contributed by atoms with E-state index in [0.29, 0.717) is 16.4 Å². The summed E-state index contributed by atoms with van der Waals surface area (Å²) in [6, 6.07) is 7.71. The van der Waals surface area contributed by atoms with Crippen LogP contribution in [0.1, 0.15) is 16.7 Å². The number of aromatic nitrogens is 4. The molecule has 0 fully saturated rings. The Bertz CT molecular complexity index is 957. The topological polar surface area (TPSA) is 86.7 Å². The molecule has 2 aromatic heterocycles. The van der Waals surface area contributed by atoms with Gasteiger partial charge in [0.1, 0.15) is 6.33 Å². The van der Waals surface area contributed by atoms with E-state index in [4.69, 9.17) is 17.3 Å². The number of benzene rings is 1. The number of amides is 1. The van der Waals surface area contributed by atoms with Crippen LogP contribution in [0.4, 0.5) is 0 Å². The first-order valence-electron chi connectivity index (χ1n) is 7.55. The van der Waals surface area contributed by atoms with Gasteiger partial charge in [0.2, 0.25) is 0 Å². The molecule has 0 bridgehead atoms. The number of nitrogens with two attached hydrogens (primary N) is 1. The van der Waals surface area contributed by atoms with Crippen LogP contribution in [-0.2, 0) is 4.79 Å². The Morgan fingerprint density at radius 3 is 2.52 bits per heavy atom. The quantitative estimate of drug-likeness (QED) is 0.730. The van der Waals surface area contributed by atoms with Crippen LogP contribution < -0.4 is 5.73 Å². The molecular formula is C18H16ClN5O. The predicted octanol–water partition coefficient (Wildman–Crippen LogP) is 3.09. The fourth-order valence-electron chi connectivity index (χ4n) is 2.54. The largest absolute Gasteiger partial charge is 0.366 e. The van der Waals surface area contributed by atoms with Gasteiger partial charge in [0, 0.05) is 29.7 Å². The van der Waals surface area contributed by atoms with Crippen LogP contribution in [0, 0.1) is 13.8 Å². The van der Waals surface area contributed by atoms with Gasteiger partial charge < -0.3 is 5.73 Å². The highest BCUT2D eigenvalue weighted by Gasteiger charge is 2.11. The minimum absolute atomic E-state index is 0.242. The zero-order valence-electron chi connectivity index (χ0n) is 13.8. The highest BCUT2D eigenvalue weighted by Crippen LogP contribution is 2.20. The Labute approximate surface area is 150 Å². The molecule has 0 aliphatic carbocycles. The van der Waals surface area contributed by atoms with Crippen LogP contribution in [0.15, 0.2) is 43.0 Å². The van der Waals surface area contributed by atoms with Crippen molar-refractivity contribution >= 4 is 29.3 Å². The van der Waals surface area contributed by atoms with Crippen molar-refractivity contribution in [3.05, 3.63) is 64.7 Å². The van der Waals surface area contributed by atoms with Gasteiger partial charge in [-0.15, -0.1) is 5.10 Å². The van der Waals surface area contributed by atoms with Crippen molar-refractivity contribution in [2.24, 2.45) is 5.73 Å². The third-order valence-electron chi connectivity index (χ3n) is 3.53. The van der Waals surface area contributed by atoms with Gasteiger partial charge in [-0.05, 0) is 32.0 Å². The molecule has 25 heavy (non-hydrogen) atoms. The second-order valence-electron chi connectivity index (χ2n) is 5.72. The van der Waals surface area contributed by atoms with Gasteiger partial charge in [0.25, 0.3) is 5.91 Å². The summed E-state index contributed by atoms with van der Waals surface area (Å²) in [6.45, 7) is 4.04. The zero-order valence-corrected chi connectivity index (χ0v) is 14.5. The molecule has 1 aromatic carbocycles. The maximum atomic E-state index is 11.8. The minimum atomic E-state index is -0.604. The lowest BCUT2D eigenvalue weighted by atomic mass is 10.1. The number of hydrogen-bond acceptors (Lipinski definition) is 4. The fraction of sp³-hybridized carbons (Fsp3) is 0.111. The smallest absolute Gasteiger partial charge is 0.250 e. The van der Waals surface area contributed by atoms with Gasteiger partial charge in [0.15, 0.2) is 5.82 Å². The van der Waals surface area contributed by atoms with Crippen molar-refractivity contribution in [1.29, 1.82) is 0 Å². The van der Waals surface area contributed by atoms with Crippen molar-refractivity contribution in [1.82, 2.24) is 19.7 Å². The molecule has 3 aromatic rings. The maximum absolute atomic E-state index is 11.8. The summed E-state index contributed by atoms with van der Waals surface area (Å²) >= 11 is 5.93. The second-order valence-corrected chi connectivity index (χ2v) is 6.16. The first-order valence-corrected chi connectivity index (χ1v) is 7.92. The third-order valence-corrected chi connectivity index (χ3v) is 3.74. The van der Waals surface area contributed by atoms with E-state index in [9.17, 15) is 4.79 Å². The SMILES string of the molecule is Cc1cc(C)cc(-c2ncn(/C=C(/C(N)=O)c3cncc(Cl)c3)n2)c1. The number of carbonyl (C=O) groups excluding carboxylic acids is 1. The van der Waals surface area contributed by atoms with Crippen molar-refractivity contribution < 1.29 is 4.79 Å². The summed E-state index contributed by atoms with van der Waals surface area (Å²) in [4.78, 5) is 20.1. The van der Waals surface area contributed by atoms with Crippen LogP contribution in [-0.4, -0.2) is 25.7 Å². The Morgan fingerprint density at radius 2 is 1.88 bits per heavy atom. The molecular weight excluding hydrogens is 338 g/mol. The normalized spacial score (nSPS) is 11.6. The molecule has 0 atom stereocenters. The number of hydrogen-bond donors (Lipinski definition) is 1. The predicted molar refractivity (Wildman–Crippen MR) is 97.5 cm³/mol. The Kier molecular flexibility index (Phi) is 4.63. The van der Waals surface area contributed by atoms with Crippen LogP contribution in [0.3, 0.4) is 0 Å². The highest BCUT2D eigenvalue weighted by atomic mass is 35.5. The lowest BCUT2D eigenvalue weighted by Crippen LogP contribution is -2.14. The summed E-state index contributed by atoms with van der Waals surface area (Å²) < 4.78 is 1.45. The number of pyridine rings is 1. The van der Waals surface area contributed by atoms with E-state index in [1.54, 1.807) is 6.07 Å². The van der Waals surface area contributed by atoms with Gasteiger partial charge in [-0.2, -0.15) is 0 Å². The Balaban J connectivity index is 2.00. The van der Waals surface area contributed by atoms with E-state index >= 15 is 0 Å². The number of nitrogens with zero attached hydrogens (tertiary/aromatic N) is 4. The molecule has 0 radical (unpaired) electrons. The average Bonchev–Trinajstić information content (AvgIpc) is 3.00. The number of aryl methyl sites for hydroxylation is 2. The zero-order chi connectivity index (χ0) is 18.0. The van der Waals surface area contributed by atoms with Crippen LogP contribution in [0.5, 0.6) is 0 Å². The van der Waals surface area contributed by atoms with Crippen molar-refractivity contribution in [2.75, 3.05) is 0 Å². The first kappa shape index (κ1) is 16.9. The van der Waals surface area contributed by atoms with E-state index in [1.807, 2.05) is 26.0 Å². The Morgan fingerprint density at radius 1 is 1.16 bits per heavy atom. The van der Waals surface area contributed by atoms with E-state index in [0.717, 1.165) is 16.7 Å². The monoisotopic (exact) mass is 353 g/mol. The number of halogens is 1. The molecule has 2 heterocycles. The fourth-order valence-corrected chi connectivity index (χ4v) is 2.72. The molecule has 0 aliphatic rings. The molecule has 0 aliphatic heterocycles. The molecule has 126 valence electrons. The van der Waals surface area contributed by atoms with E-state index in [-0.39, 0.29) is 5.57 Å². The standard InChI is InChI=1S/C18H16ClN5O/c1-11-3-12(2)5-13(4-11)18-22-10-24(23-18)9-16(17(20)25)14-6-15(19)8-21-7-14/h3-10H,1-2H3,(H2,20,25)/b16-9+. The minimum Gasteiger partial charge on any atom is -0.366 e. The van der Waals surface area contributed by atoms with E-state index in [2.05, 4.69) is 21.1 Å². The number of carbonyl (C=O) groups is 1. The molecule has 0 spiro atoms. The summed E-state index contributed by atoms with van der Waals surface area (Å²) in [5.41, 5.74) is 9.41. The van der Waals surface area contributed by atoms with Crippen molar-refractivity contribution in [3.8, 4) is 11.4 Å². The van der Waals surface area contributed by atoms with Gasteiger partial charge in [-0.3, -0.25) is 9.78 Å². The summed E-state index contributed by atoms with van der Waals surface area (Å²) in [7, 11) is 0. The molecule has 3 rings (SSSR count). The average molecular weight is 354 g/mol. The molecule has 1 amide bonds. The molecule has 2 N–H and O–H groups in total. The molecule has 0 unspecified atom stereocenters. The van der Waals surface area contributed by atoms with Crippen molar-refractivity contribution in [2.45, 2.75) is 13.8 Å². The second kappa shape index (κ2) is 6.86. The lowest BCUT2D eigenvalue weighted by molar-refractivity contribution is -0.112. The van der Waals surface area contributed by atoms with Gasteiger partial charge in [-0.25, -0.2) is 9.67 Å². The summed E-state index contributed by atoms with van der Waals surface area (Å²) in [6.07, 6.45) is 6.03. The number of primary amides is 1. The molecule has 6 nitrogen and oxygen atoms in total. The lowest BCUT2D eigenvalue weighted by Gasteiger charge is -2.04. The summed E-state index contributed by atoms with van der Waals surface area (Å²) in [5.74, 6) is -0.0383. The first-order chi connectivity index (χ1) is 11.9.